The van der Waals surface area contributed by atoms with Crippen molar-refractivity contribution in [3.8, 4) is 0 Å². The second-order valence-corrected chi connectivity index (χ2v) is 4.97. The number of hydrogen-bond donors (Lipinski definition) is 1. The first-order chi connectivity index (χ1) is 10.9. The van der Waals surface area contributed by atoms with E-state index in [1.54, 1.807) is 10.9 Å². The molecule has 3 aromatic rings. The summed E-state index contributed by atoms with van der Waals surface area (Å²) in [4.78, 5) is 0. The van der Waals surface area contributed by atoms with Crippen LogP contribution in [0.1, 0.15) is 22.9 Å². The number of aromatic nitrogens is 3. The van der Waals surface area contributed by atoms with Gasteiger partial charge in [0.1, 0.15) is 5.69 Å². The molecular weight excluding hydrogens is 274 g/mol. The molecule has 0 bridgehead atoms. The summed E-state index contributed by atoms with van der Waals surface area (Å²) in [5.41, 5.74) is 2.81. The molecule has 0 spiro atoms. The Labute approximate surface area is 129 Å². The Bertz CT molecular complexity index is 735. The topological polar surface area (TPSA) is 50.9 Å². The van der Waals surface area contributed by atoms with Gasteiger partial charge in [0.2, 0.25) is 0 Å². The molecule has 0 amide bonds. The Morgan fingerprint density at radius 3 is 2.32 bits per heavy atom. The van der Waals surface area contributed by atoms with Gasteiger partial charge in [-0.2, -0.15) is 0 Å². The number of aliphatic hydroxyl groups excluding tert-OH is 1. The molecule has 3 rings (SSSR count). The van der Waals surface area contributed by atoms with Crippen LogP contribution in [0.15, 0.2) is 72.9 Å². The van der Waals surface area contributed by atoms with E-state index in [-0.39, 0.29) is 12.6 Å². The van der Waals surface area contributed by atoms with Gasteiger partial charge in [0.15, 0.2) is 0 Å². The first-order valence-corrected chi connectivity index (χ1v) is 7.16. The van der Waals surface area contributed by atoms with E-state index in [1.807, 2.05) is 36.4 Å². The molecule has 110 valence electrons. The summed E-state index contributed by atoms with van der Waals surface area (Å²) in [6.45, 7) is -0.107. The lowest BCUT2D eigenvalue weighted by atomic mass is 10.1. The van der Waals surface area contributed by atoms with E-state index in [0.717, 1.165) is 11.1 Å². The predicted molar refractivity (Wildman–Crippen MR) is 86.0 cm³/mol. The Morgan fingerprint density at radius 1 is 1.00 bits per heavy atom. The lowest BCUT2D eigenvalue weighted by Gasteiger charge is -2.13. The SMILES string of the molecule is OCc1cn(C(/C=C/c2ccccc2)c2ccccc2)nn1. The highest BCUT2D eigenvalue weighted by atomic mass is 16.3. The fourth-order valence-corrected chi connectivity index (χ4v) is 2.29. The second kappa shape index (κ2) is 6.83. The molecule has 1 atom stereocenters. The molecule has 0 saturated heterocycles. The summed E-state index contributed by atoms with van der Waals surface area (Å²) in [7, 11) is 0. The Hall–Kier alpha value is -2.72. The lowest BCUT2D eigenvalue weighted by Crippen LogP contribution is -2.09. The van der Waals surface area contributed by atoms with Crippen molar-refractivity contribution in [2.24, 2.45) is 0 Å². The zero-order valence-corrected chi connectivity index (χ0v) is 12.1. The molecule has 0 aliphatic rings. The van der Waals surface area contributed by atoms with Crippen molar-refractivity contribution in [2.75, 3.05) is 0 Å². The molecule has 0 aliphatic carbocycles. The van der Waals surface area contributed by atoms with Crippen LogP contribution >= 0.6 is 0 Å². The number of allylic oxidation sites excluding steroid dienone is 1. The van der Waals surface area contributed by atoms with Gasteiger partial charge in [-0.1, -0.05) is 78.0 Å². The summed E-state index contributed by atoms with van der Waals surface area (Å²) >= 11 is 0. The quantitative estimate of drug-likeness (QED) is 0.786. The molecule has 0 aliphatic heterocycles. The molecule has 2 aromatic carbocycles. The maximum Gasteiger partial charge on any atom is 0.108 e. The third-order valence-electron chi connectivity index (χ3n) is 3.42. The van der Waals surface area contributed by atoms with Crippen LogP contribution in [0.25, 0.3) is 6.08 Å². The summed E-state index contributed by atoms with van der Waals surface area (Å²) in [5, 5.41) is 17.3. The summed E-state index contributed by atoms with van der Waals surface area (Å²) in [6, 6.07) is 20.2. The van der Waals surface area contributed by atoms with Gasteiger partial charge in [-0.3, -0.25) is 0 Å². The number of hydrogen-bond acceptors (Lipinski definition) is 3. The normalized spacial score (nSPS) is 12.6. The van der Waals surface area contributed by atoms with Crippen LogP contribution in [0.2, 0.25) is 0 Å². The average molecular weight is 291 g/mol. The first-order valence-electron chi connectivity index (χ1n) is 7.16. The number of nitrogens with zero attached hydrogens (tertiary/aromatic N) is 3. The van der Waals surface area contributed by atoms with Gasteiger partial charge in [-0.25, -0.2) is 4.68 Å². The van der Waals surface area contributed by atoms with E-state index in [9.17, 15) is 5.11 Å². The molecule has 1 aromatic heterocycles. The summed E-state index contributed by atoms with van der Waals surface area (Å²) in [6.07, 6.45) is 5.92. The molecule has 1 N–H and O–H groups in total. The van der Waals surface area contributed by atoms with Gasteiger partial charge in [0.25, 0.3) is 0 Å². The van der Waals surface area contributed by atoms with Gasteiger partial charge < -0.3 is 5.11 Å². The van der Waals surface area contributed by atoms with Gasteiger partial charge in [0.05, 0.1) is 18.8 Å². The van der Waals surface area contributed by atoms with E-state index in [4.69, 9.17) is 0 Å². The number of benzene rings is 2. The van der Waals surface area contributed by atoms with Gasteiger partial charge in [-0.05, 0) is 11.1 Å². The zero-order valence-electron chi connectivity index (χ0n) is 12.1. The van der Waals surface area contributed by atoms with E-state index in [2.05, 4.69) is 46.7 Å². The van der Waals surface area contributed by atoms with Crippen LogP contribution < -0.4 is 0 Å². The van der Waals surface area contributed by atoms with Gasteiger partial charge >= 0.3 is 0 Å². The third-order valence-corrected chi connectivity index (χ3v) is 3.42. The summed E-state index contributed by atoms with van der Waals surface area (Å²) in [5.74, 6) is 0. The van der Waals surface area contributed by atoms with Crippen LogP contribution in [0.3, 0.4) is 0 Å². The van der Waals surface area contributed by atoms with Crippen molar-refractivity contribution in [1.82, 2.24) is 15.0 Å². The molecule has 0 fully saturated rings. The predicted octanol–water partition coefficient (Wildman–Crippen LogP) is 3.07. The molecular formula is C18H17N3O. The van der Waals surface area contributed by atoms with Crippen molar-refractivity contribution >= 4 is 6.08 Å². The minimum Gasteiger partial charge on any atom is -0.390 e. The lowest BCUT2D eigenvalue weighted by molar-refractivity contribution is 0.276. The Morgan fingerprint density at radius 2 is 1.68 bits per heavy atom. The van der Waals surface area contributed by atoms with E-state index >= 15 is 0 Å². The highest BCUT2D eigenvalue weighted by molar-refractivity contribution is 5.50. The maximum atomic E-state index is 9.18. The molecule has 1 unspecified atom stereocenters. The number of rotatable bonds is 5. The van der Waals surface area contributed by atoms with Crippen molar-refractivity contribution < 1.29 is 5.11 Å². The van der Waals surface area contributed by atoms with E-state index in [1.165, 1.54) is 0 Å². The fourth-order valence-electron chi connectivity index (χ4n) is 2.29. The van der Waals surface area contributed by atoms with Gasteiger partial charge in [0, 0.05) is 0 Å². The van der Waals surface area contributed by atoms with E-state index < -0.39 is 0 Å². The standard InChI is InChI=1S/C18H17N3O/c22-14-17-13-21(20-19-17)18(16-9-5-2-6-10-16)12-11-15-7-3-1-4-8-15/h1-13,18,22H,14H2/b12-11+. The monoisotopic (exact) mass is 291 g/mol. The van der Waals surface area contributed by atoms with Crippen LogP contribution in [-0.2, 0) is 6.61 Å². The van der Waals surface area contributed by atoms with E-state index in [0.29, 0.717) is 5.69 Å². The Kier molecular flexibility index (Phi) is 4.41. The molecule has 1 heterocycles. The highest BCUT2D eigenvalue weighted by Gasteiger charge is 2.12. The first kappa shape index (κ1) is 14.2. The minimum absolute atomic E-state index is 0.0609. The second-order valence-electron chi connectivity index (χ2n) is 4.97. The summed E-state index contributed by atoms with van der Waals surface area (Å²) < 4.78 is 1.76. The average Bonchev–Trinajstić information content (AvgIpc) is 3.06. The van der Waals surface area contributed by atoms with Crippen molar-refractivity contribution in [1.29, 1.82) is 0 Å². The van der Waals surface area contributed by atoms with Crippen molar-refractivity contribution in [3.05, 3.63) is 89.8 Å². The van der Waals surface area contributed by atoms with Crippen LogP contribution in [-0.4, -0.2) is 20.1 Å². The third kappa shape index (κ3) is 3.30. The van der Waals surface area contributed by atoms with Crippen LogP contribution in [0, 0.1) is 0 Å². The van der Waals surface area contributed by atoms with Gasteiger partial charge in [-0.15, -0.1) is 5.10 Å². The fraction of sp³-hybridized carbons (Fsp3) is 0.111. The largest absolute Gasteiger partial charge is 0.390 e. The van der Waals surface area contributed by atoms with Crippen LogP contribution in [0.5, 0.6) is 0 Å². The number of aliphatic hydroxyl groups is 1. The smallest absolute Gasteiger partial charge is 0.108 e. The molecule has 0 saturated carbocycles. The molecule has 22 heavy (non-hydrogen) atoms. The minimum atomic E-state index is -0.107. The maximum absolute atomic E-state index is 9.18. The molecule has 4 nitrogen and oxygen atoms in total. The van der Waals surface area contributed by atoms with Crippen molar-refractivity contribution in [3.63, 3.8) is 0 Å². The van der Waals surface area contributed by atoms with Crippen LogP contribution in [0.4, 0.5) is 0 Å². The molecule has 0 radical (unpaired) electrons. The Balaban J connectivity index is 1.94. The molecule has 4 heteroatoms. The highest BCUT2D eigenvalue weighted by Crippen LogP contribution is 2.20. The zero-order chi connectivity index (χ0) is 15.2. The van der Waals surface area contributed by atoms with Crippen molar-refractivity contribution in [2.45, 2.75) is 12.6 Å².